The van der Waals surface area contributed by atoms with E-state index in [0.29, 0.717) is 35.8 Å². The van der Waals surface area contributed by atoms with E-state index in [0.717, 1.165) is 16.9 Å². The van der Waals surface area contributed by atoms with Crippen LogP contribution in [0.2, 0.25) is 0 Å². The number of aromatic nitrogens is 6. The molecule has 0 fully saturated rings. The fourth-order valence-corrected chi connectivity index (χ4v) is 3.11. The molecule has 3 aromatic heterocycles. The number of rotatable bonds is 5. The zero-order valence-electron chi connectivity index (χ0n) is 14.8. The molecule has 5 aromatic rings. The second-order valence-corrected chi connectivity index (χ2v) is 6.40. The van der Waals surface area contributed by atoms with Crippen molar-refractivity contribution >= 4 is 22.5 Å². The van der Waals surface area contributed by atoms with Crippen LogP contribution in [0.25, 0.3) is 28.1 Å². The summed E-state index contributed by atoms with van der Waals surface area (Å²) in [6, 6.07) is 18.1. The van der Waals surface area contributed by atoms with Crippen molar-refractivity contribution in [2.24, 2.45) is 0 Å². The molecule has 0 amide bonds. The molecule has 28 heavy (non-hydrogen) atoms. The third-order valence-electron chi connectivity index (χ3n) is 4.46. The molecular formula is C20H16FN7. The van der Waals surface area contributed by atoms with E-state index in [1.807, 2.05) is 42.5 Å². The monoisotopic (exact) mass is 373 g/mol. The Bertz CT molecular complexity index is 1260. The van der Waals surface area contributed by atoms with Gasteiger partial charge in [-0.3, -0.25) is 0 Å². The minimum Gasteiger partial charge on any atom is -0.368 e. The van der Waals surface area contributed by atoms with Gasteiger partial charge in [0.2, 0.25) is 0 Å². The van der Waals surface area contributed by atoms with Crippen molar-refractivity contribution in [1.29, 1.82) is 0 Å². The number of imidazole rings is 1. The van der Waals surface area contributed by atoms with E-state index in [-0.39, 0.29) is 5.82 Å². The average Bonchev–Trinajstić information content (AvgIpc) is 3.31. The summed E-state index contributed by atoms with van der Waals surface area (Å²) in [5.74, 6) is 1.93. The van der Waals surface area contributed by atoms with Crippen LogP contribution >= 0.6 is 0 Å². The lowest BCUT2D eigenvalue weighted by Gasteiger charge is -2.05. The highest BCUT2D eigenvalue weighted by Crippen LogP contribution is 2.18. The van der Waals surface area contributed by atoms with E-state index in [1.54, 1.807) is 10.6 Å². The predicted molar refractivity (Wildman–Crippen MR) is 104 cm³/mol. The SMILES string of the molecule is Fc1ccc2nc(CCNc3ccc4nnc(-c5ccccc5)n4n3)[nH]c2c1. The van der Waals surface area contributed by atoms with Gasteiger partial charge in [-0.15, -0.1) is 15.3 Å². The van der Waals surface area contributed by atoms with Crippen LogP contribution in [-0.4, -0.2) is 36.3 Å². The number of halogens is 1. The molecule has 8 heteroatoms. The Balaban J connectivity index is 1.33. The molecule has 0 saturated carbocycles. The summed E-state index contributed by atoms with van der Waals surface area (Å²) in [7, 11) is 0. The average molecular weight is 373 g/mol. The Morgan fingerprint density at radius 3 is 2.79 bits per heavy atom. The molecule has 0 atom stereocenters. The van der Waals surface area contributed by atoms with Crippen molar-refractivity contribution < 1.29 is 4.39 Å². The van der Waals surface area contributed by atoms with Gasteiger partial charge in [-0.25, -0.2) is 9.37 Å². The fourth-order valence-electron chi connectivity index (χ4n) is 3.11. The van der Waals surface area contributed by atoms with E-state index in [2.05, 4.69) is 30.6 Å². The molecule has 2 N–H and O–H groups in total. The molecule has 0 aliphatic rings. The molecule has 7 nitrogen and oxygen atoms in total. The number of benzene rings is 2. The fraction of sp³-hybridized carbons (Fsp3) is 0.100. The first-order chi connectivity index (χ1) is 13.8. The lowest BCUT2D eigenvalue weighted by atomic mass is 10.2. The molecule has 0 spiro atoms. The molecule has 0 radical (unpaired) electrons. The third kappa shape index (κ3) is 3.05. The van der Waals surface area contributed by atoms with Crippen molar-refractivity contribution in [3.8, 4) is 11.4 Å². The van der Waals surface area contributed by atoms with Gasteiger partial charge in [0.25, 0.3) is 0 Å². The van der Waals surface area contributed by atoms with Crippen LogP contribution in [0.5, 0.6) is 0 Å². The molecule has 0 bridgehead atoms. The van der Waals surface area contributed by atoms with Crippen molar-refractivity contribution in [1.82, 2.24) is 29.8 Å². The maximum Gasteiger partial charge on any atom is 0.185 e. The van der Waals surface area contributed by atoms with Gasteiger partial charge < -0.3 is 10.3 Å². The molecule has 5 rings (SSSR count). The molecule has 0 saturated heterocycles. The Morgan fingerprint density at radius 1 is 1.00 bits per heavy atom. The van der Waals surface area contributed by atoms with Gasteiger partial charge in [0.05, 0.1) is 11.0 Å². The number of anilines is 1. The number of hydrogen-bond donors (Lipinski definition) is 2. The van der Waals surface area contributed by atoms with Crippen molar-refractivity contribution in [2.45, 2.75) is 6.42 Å². The summed E-state index contributed by atoms with van der Waals surface area (Å²) in [6.45, 7) is 0.629. The number of fused-ring (bicyclic) bond motifs is 2. The highest BCUT2D eigenvalue weighted by atomic mass is 19.1. The Kier molecular flexibility index (Phi) is 3.93. The summed E-state index contributed by atoms with van der Waals surface area (Å²) in [6.07, 6.45) is 0.656. The van der Waals surface area contributed by atoms with Crippen LogP contribution in [0.15, 0.2) is 60.7 Å². The van der Waals surface area contributed by atoms with Gasteiger partial charge in [0, 0.05) is 18.5 Å². The molecule has 0 aliphatic heterocycles. The number of aromatic amines is 1. The predicted octanol–water partition coefficient (Wildman–Crippen LogP) is 3.46. The first-order valence-corrected chi connectivity index (χ1v) is 8.92. The number of hydrogen-bond acceptors (Lipinski definition) is 5. The molecular weight excluding hydrogens is 357 g/mol. The van der Waals surface area contributed by atoms with Gasteiger partial charge in [-0.05, 0) is 30.3 Å². The van der Waals surface area contributed by atoms with E-state index in [9.17, 15) is 4.39 Å². The molecule has 2 aromatic carbocycles. The van der Waals surface area contributed by atoms with Crippen molar-refractivity contribution in [3.05, 3.63) is 72.3 Å². The van der Waals surface area contributed by atoms with Crippen molar-refractivity contribution in [2.75, 3.05) is 11.9 Å². The molecule has 0 aliphatic carbocycles. The molecule has 3 heterocycles. The van der Waals surface area contributed by atoms with Gasteiger partial charge >= 0.3 is 0 Å². The lowest BCUT2D eigenvalue weighted by molar-refractivity contribution is 0.629. The van der Waals surface area contributed by atoms with Crippen LogP contribution in [0.3, 0.4) is 0 Å². The largest absolute Gasteiger partial charge is 0.368 e. The van der Waals surface area contributed by atoms with Crippen molar-refractivity contribution in [3.63, 3.8) is 0 Å². The van der Waals surface area contributed by atoms with E-state index >= 15 is 0 Å². The van der Waals surface area contributed by atoms with Gasteiger partial charge in [-0.1, -0.05) is 30.3 Å². The minimum absolute atomic E-state index is 0.276. The summed E-state index contributed by atoms with van der Waals surface area (Å²) in [4.78, 5) is 7.61. The molecule has 138 valence electrons. The maximum atomic E-state index is 13.3. The first-order valence-electron chi connectivity index (χ1n) is 8.92. The zero-order valence-corrected chi connectivity index (χ0v) is 14.8. The second-order valence-electron chi connectivity index (χ2n) is 6.40. The summed E-state index contributed by atoms with van der Waals surface area (Å²) < 4.78 is 15.0. The van der Waals surface area contributed by atoms with Crippen LogP contribution in [0, 0.1) is 5.82 Å². The summed E-state index contributed by atoms with van der Waals surface area (Å²) in [5, 5.41) is 16.3. The van der Waals surface area contributed by atoms with E-state index in [4.69, 9.17) is 0 Å². The smallest absolute Gasteiger partial charge is 0.185 e. The first kappa shape index (κ1) is 16.4. The standard InChI is InChI=1S/C20H16FN7/c21-14-6-7-15-16(12-14)24-18(23-15)10-11-22-17-8-9-19-25-26-20(28(19)27-17)13-4-2-1-3-5-13/h1-9,12H,10-11H2,(H,22,27)(H,23,24). The highest BCUT2D eigenvalue weighted by Gasteiger charge is 2.10. The minimum atomic E-state index is -0.276. The number of nitrogens with zero attached hydrogens (tertiary/aromatic N) is 5. The summed E-state index contributed by atoms with van der Waals surface area (Å²) >= 11 is 0. The van der Waals surface area contributed by atoms with Gasteiger partial charge in [0.15, 0.2) is 11.5 Å². The maximum absolute atomic E-state index is 13.3. The Labute approximate surface area is 159 Å². The number of nitrogens with one attached hydrogen (secondary N) is 2. The van der Waals surface area contributed by atoms with E-state index < -0.39 is 0 Å². The van der Waals surface area contributed by atoms with Gasteiger partial charge in [0.1, 0.15) is 17.5 Å². The lowest BCUT2D eigenvalue weighted by Crippen LogP contribution is -2.09. The second kappa shape index (κ2) is 6.73. The van der Waals surface area contributed by atoms with Crippen LogP contribution < -0.4 is 5.32 Å². The van der Waals surface area contributed by atoms with Crippen LogP contribution in [0.1, 0.15) is 5.82 Å². The third-order valence-corrected chi connectivity index (χ3v) is 4.46. The summed E-state index contributed by atoms with van der Waals surface area (Å²) in [5.41, 5.74) is 3.09. The van der Waals surface area contributed by atoms with Crippen LogP contribution in [-0.2, 0) is 6.42 Å². The highest BCUT2D eigenvalue weighted by molar-refractivity contribution is 5.74. The quantitative estimate of drug-likeness (QED) is 0.493. The van der Waals surface area contributed by atoms with Gasteiger partial charge in [-0.2, -0.15) is 4.52 Å². The van der Waals surface area contributed by atoms with Crippen LogP contribution in [0.4, 0.5) is 10.2 Å². The Hall–Kier alpha value is -3.81. The normalized spacial score (nSPS) is 11.3. The topological polar surface area (TPSA) is 83.8 Å². The number of H-pyrrole nitrogens is 1. The van der Waals surface area contributed by atoms with E-state index in [1.165, 1.54) is 12.1 Å². The Morgan fingerprint density at radius 2 is 1.89 bits per heavy atom. The zero-order chi connectivity index (χ0) is 18.9. The molecule has 0 unspecified atom stereocenters.